The molecule has 3 aromatic rings. The van der Waals surface area contributed by atoms with Gasteiger partial charge in [-0.2, -0.15) is 13.2 Å². The first-order valence-corrected chi connectivity index (χ1v) is 6.53. The summed E-state index contributed by atoms with van der Waals surface area (Å²) < 4.78 is 45.1. The third-order valence-corrected chi connectivity index (χ3v) is 3.30. The van der Waals surface area contributed by atoms with Gasteiger partial charge in [0.15, 0.2) is 5.82 Å². The molecule has 24 heavy (non-hydrogen) atoms. The van der Waals surface area contributed by atoms with E-state index in [1.165, 1.54) is 18.6 Å². The van der Waals surface area contributed by atoms with Crippen LogP contribution in [-0.2, 0) is 6.18 Å². The van der Waals surface area contributed by atoms with Crippen LogP contribution in [-0.4, -0.2) is 26.6 Å². The molecule has 0 saturated heterocycles. The van der Waals surface area contributed by atoms with Gasteiger partial charge in [-0.15, -0.1) is 0 Å². The smallest absolute Gasteiger partial charge is 0.416 e. The lowest BCUT2D eigenvalue weighted by Crippen LogP contribution is -2.30. The number of benzene rings is 1. The summed E-state index contributed by atoms with van der Waals surface area (Å²) in [6, 6.07) is 1.40. The van der Waals surface area contributed by atoms with Gasteiger partial charge in [-0.25, -0.2) is 14.3 Å². The number of rotatable bonds is 2. The molecule has 0 atom stereocenters. The van der Waals surface area contributed by atoms with Crippen LogP contribution in [0.15, 0.2) is 40.3 Å². The second kappa shape index (κ2) is 5.48. The second-order valence-corrected chi connectivity index (χ2v) is 4.73. The van der Waals surface area contributed by atoms with Crippen LogP contribution in [0.4, 0.5) is 13.2 Å². The number of nitrogens with one attached hydrogen (secondary N) is 1. The number of nitrogens with zero attached hydrogens (tertiary/aromatic N) is 3. The van der Waals surface area contributed by atoms with Gasteiger partial charge in [-0.3, -0.25) is 14.8 Å². The molecule has 0 bridgehead atoms. The van der Waals surface area contributed by atoms with Crippen LogP contribution < -0.4 is 16.0 Å². The van der Waals surface area contributed by atoms with E-state index in [4.69, 9.17) is 4.74 Å². The lowest BCUT2D eigenvalue weighted by Gasteiger charge is -2.14. The number of aromatic nitrogens is 4. The van der Waals surface area contributed by atoms with Crippen molar-refractivity contribution in [2.45, 2.75) is 6.18 Å². The summed E-state index contributed by atoms with van der Waals surface area (Å²) in [6.45, 7) is 0. The zero-order chi connectivity index (χ0) is 17.5. The van der Waals surface area contributed by atoms with Gasteiger partial charge in [0.25, 0.3) is 5.56 Å². The van der Waals surface area contributed by atoms with Crippen LogP contribution >= 0.6 is 0 Å². The van der Waals surface area contributed by atoms with Gasteiger partial charge in [0.2, 0.25) is 0 Å². The minimum Gasteiger partial charge on any atom is -0.496 e. The number of hydrogen-bond acceptors (Lipinski definition) is 5. The average molecular weight is 338 g/mol. The summed E-state index contributed by atoms with van der Waals surface area (Å²) in [5.74, 6) is -0.344. The van der Waals surface area contributed by atoms with Crippen LogP contribution in [0.1, 0.15) is 5.56 Å². The molecule has 10 heteroatoms. The molecule has 0 spiro atoms. The van der Waals surface area contributed by atoms with Crippen molar-refractivity contribution in [3.63, 3.8) is 0 Å². The average Bonchev–Trinajstić information content (AvgIpc) is 2.53. The van der Waals surface area contributed by atoms with Gasteiger partial charge in [0, 0.05) is 12.4 Å². The van der Waals surface area contributed by atoms with Crippen LogP contribution in [0.2, 0.25) is 0 Å². The molecular weight excluding hydrogens is 329 g/mol. The molecule has 0 aliphatic carbocycles. The fraction of sp³-hybridized carbons (Fsp3) is 0.143. The van der Waals surface area contributed by atoms with Crippen molar-refractivity contribution < 1.29 is 17.9 Å². The third kappa shape index (κ3) is 2.51. The molecule has 2 aromatic heterocycles. The molecule has 3 rings (SSSR count). The van der Waals surface area contributed by atoms with Gasteiger partial charge in [0.1, 0.15) is 11.1 Å². The molecule has 0 aliphatic heterocycles. The maximum Gasteiger partial charge on any atom is 0.416 e. The largest absolute Gasteiger partial charge is 0.496 e. The predicted octanol–water partition coefficient (Wildman–Crippen LogP) is 1.50. The number of H-pyrrole nitrogens is 1. The summed E-state index contributed by atoms with van der Waals surface area (Å²) >= 11 is 0. The number of fused-ring (bicyclic) bond motifs is 1. The van der Waals surface area contributed by atoms with Crippen molar-refractivity contribution in [3.05, 3.63) is 57.1 Å². The van der Waals surface area contributed by atoms with Gasteiger partial charge < -0.3 is 4.74 Å². The second-order valence-electron chi connectivity index (χ2n) is 4.73. The number of hydrogen-bond donors (Lipinski definition) is 1. The van der Waals surface area contributed by atoms with Gasteiger partial charge >= 0.3 is 11.9 Å². The Bertz CT molecular complexity index is 1030. The zero-order valence-electron chi connectivity index (χ0n) is 12.1. The fourth-order valence-electron chi connectivity index (χ4n) is 2.29. The standard InChI is InChI=1S/C14H9F3N4O3/c1-24-9-5-7(14(15,16)17)4-8-11(9)12(22)20-13(23)21(8)10-6-18-2-3-19-10/h2-6H,1H3,(H,20,22,23). The Kier molecular flexibility index (Phi) is 3.59. The minimum atomic E-state index is -4.69. The summed E-state index contributed by atoms with van der Waals surface area (Å²) in [6.07, 6.45) is -0.896. The highest BCUT2D eigenvalue weighted by molar-refractivity contribution is 5.86. The minimum absolute atomic E-state index is 0.0369. The Balaban J connectivity index is 2.53. The maximum atomic E-state index is 13.1. The lowest BCUT2D eigenvalue weighted by atomic mass is 10.1. The summed E-state index contributed by atoms with van der Waals surface area (Å²) in [5, 5.41) is -0.198. The molecular formula is C14H9F3N4O3. The normalized spacial score (nSPS) is 11.7. The Hall–Kier alpha value is -3.17. The molecule has 2 heterocycles. The highest BCUT2D eigenvalue weighted by atomic mass is 19.4. The van der Waals surface area contributed by atoms with Crippen LogP contribution in [0.25, 0.3) is 16.7 Å². The van der Waals surface area contributed by atoms with Crippen LogP contribution in [0.5, 0.6) is 5.75 Å². The van der Waals surface area contributed by atoms with Gasteiger partial charge in [-0.1, -0.05) is 0 Å². The Morgan fingerprint density at radius 2 is 1.96 bits per heavy atom. The molecule has 0 fully saturated rings. The summed E-state index contributed by atoms with van der Waals surface area (Å²) in [4.78, 5) is 33.9. The number of alkyl halides is 3. The van der Waals surface area contributed by atoms with Crippen molar-refractivity contribution in [2.24, 2.45) is 0 Å². The monoisotopic (exact) mass is 338 g/mol. The van der Waals surface area contributed by atoms with Crippen LogP contribution in [0.3, 0.4) is 0 Å². The fourth-order valence-corrected chi connectivity index (χ4v) is 2.29. The van der Waals surface area contributed by atoms with E-state index in [0.29, 0.717) is 12.1 Å². The van der Waals surface area contributed by atoms with Crippen molar-refractivity contribution in [2.75, 3.05) is 7.11 Å². The van der Waals surface area contributed by atoms with Gasteiger partial charge in [-0.05, 0) is 12.1 Å². The zero-order valence-corrected chi connectivity index (χ0v) is 12.1. The van der Waals surface area contributed by atoms with Crippen LogP contribution in [0, 0.1) is 0 Å². The van der Waals surface area contributed by atoms with E-state index >= 15 is 0 Å². The van der Waals surface area contributed by atoms with Gasteiger partial charge in [0.05, 0.1) is 24.4 Å². The Morgan fingerprint density at radius 3 is 2.54 bits per heavy atom. The van der Waals surface area contributed by atoms with Crippen molar-refractivity contribution >= 4 is 10.9 Å². The molecule has 0 aliphatic rings. The Morgan fingerprint density at radius 1 is 1.21 bits per heavy atom. The lowest BCUT2D eigenvalue weighted by molar-refractivity contribution is -0.137. The first kappa shape index (κ1) is 15.7. The molecule has 0 unspecified atom stereocenters. The van der Waals surface area contributed by atoms with E-state index in [0.717, 1.165) is 11.7 Å². The van der Waals surface area contributed by atoms with E-state index in [-0.39, 0.29) is 22.5 Å². The van der Waals surface area contributed by atoms with E-state index in [9.17, 15) is 22.8 Å². The quantitative estimate of drug-likeness (QED) is 0.765. The molecule has 0 radical (unpaired) electrons. The first-order chi connectivity index (χ1) is 11.3. The highest BCUT2D eigenvalue weighted by Gasteiger charge is 2.32. The number of methoxy groups -OCH3 is 1. The summed E-state index contributed by atoms with van der Waals surface area (Å²) in [7, 11) is 1.13. The van der Waals surface area contributed by atoms with Crippen molar-refractivity contribution in [1.82, 2.24) is 19.5 Å². The molecule has 0 saturated carbocycles. The molecule has 124 valence electrons. The van der Waals surface area contributed by atoms with E-state index in [2.05, 4.69) is 9.97 Å². The topological polar surface area (TPSA) is 89.9 Å². The SMILES string of the molecule is COc1cc(C(F)(F)F)cc2c1c(=O)[nH]c(=O)n2-c1cnccn1. The number of halogens is 3. The predicted molar refractivity (Wildman–Crippen MR) is 77.3 cm³/mol. The molecule has 1 aromatic carbocycles. The number of aromatic amines is 1. The van der Waals surface area contributed by atoms with E-state index < -0.39 is 23.0 Å². The maximum absolute atomic E-state index is 13.1. The number of ether oxygens (including phenoxy) is 1. The Labute approximate surface area is 131 Å². The highest BCUT2D eigenvalue weighted by Crippen LogP contribution is 2.35. The van der Waals surface area contributed by atoms with Crippen molar-refractivity contribution in [1.29, 1.82) is 0 Å². The molecule has 0 amide bonds. The molecule has 1 N–H and O–H groups in total. The third-order valence-electron chi connectivity index (χ3n) is 3.30. The first-order valence-electron chi connectivity index (χ1n) is 6.53. The summed E-state index contributed by atoms with van der Waals surface area (Å²) in [5.41, 5.74) is -3.14. The van der Waals surface area contributed by atoms with E-state index in [1.807, 2.05) is 4.98 Å². The van der Waals surface area contributed by atoms with Crippen molar-refractivity contribution in [3.8, 4) is 11.6 Å². The molecule has 7 nitrogen and oxygen atoms in total. The van der Waals surface area contributed by atoms with E-state index in [1.54, 1.807) is 0 Å².